The molecule has 0 aromatic carbocycles. The van der Waals surface area contributed by atoms with Crippen molar-refractivity contribution >= 4 is 11.8 Å². The number of likely N-dealkylation sites (tertiary alicyclic amines) is 2. The molecule has 2 atom stereocenters. The van der Waals surface area contributed by atoms with Crippen LogP contribution in [0.15, 0.2) is 6.20 Å². The first-order valence-corrected chi connectivity index (χ1v) is 7.65. The van der Waals surface area contributed by atoms with Gasteiger partial charge < -0.3 is 9.80 Å². The van der Waals surface area contributed by atoms with E-state index in [9.17, 15) is 14.0 Å². The van der Waals surface area contributed by atoms with E-state index < -0.39 is 6.17 Å². The van der Waals surface area contributed by atoms with Gasteiger partial charge in [-0.05, 0) is 12.8 Å². The van der Waals surface area contributed by atoms with Gasteiger partial charge in [-0.2, -0.15) is 0 Å². The molecule has 2 fully saturated rings. The predicted octanol–water partition coefficient (Wildman–Crippen LogP) is 0.473. The lowest BCUT2D eigenvalue weighted by Gasteiger charge is -2.22. The molecule has 0 bridgehead atoms. The van der Waals surface area contributed by atoms with Gasteiger partial charge in [0.1, 0.15) is 6.17 Å². The summed E-state index contributed by atoms with van der Waals surface area (Å²) in [5.41, 5.74) is 0.311. The average Bonchev–Trinajstić information content (AvgIpc) is 3.19. The van der Waals surface area contributed by atoms with Crippen molar-refractivity contribution in [1.82, 2.24) is 24.8 Å². The zero-order valence-corrected chi connectivity index (χ0v) is 12.6. The summed E-state index contributed by atoms with van der Waals surface area (Å²) in [5, 5.41) is 7.87. The molecular formula is C14H20FN5O2. The molecule has 2 aliphatic rings. The van der Waals surface area contributed by atoms with E-state index in [1.807, 2.05) is 0 Å². The molecule has 0 aliphatic carbocycles. The van der Waals surface area contributed by atoms with E-state index in [0.717, 1.165) is 25.9 Å². The Labute approximate surface area is 128 Å². The van der Waals surface area contributed by atoms with Crippen LogP contribution >= 0.6 is 0 Å². The fraction of sp³-hybridized carbons (Fsp3) is 0.714. The van der Waals surface area contributed by atoms with Crippen LogP contribution in [-0.2, 0) is 11.3 Å². The van der Waals surface area contributed by atoms with Crippen LogP contribution in [0.1, 0.15) is 36.7 Å². The number of amides is 2. The predicted molar refractivity (Wildman–Crippen MR) is 75.8 cm³/mol. The van der Waals surface area contributed by atoms with Gasteiger partial charge in [-0.15, -0.1) is 5.10 Å². The summed E-state index contributed by atoms with van der Waals surface area (Å²) in [6.07, 6.45) is 2.93. The third-order valence-corrected chi connectivity index (χ3v) is 4.32. The normalized spacial score (nSPS) is 25.0. The van der Waals surface area contributed by atoms with E-state index in [1.54, 1.807) is 11.1 Å². The molecule has 0 spiro atoms. The van der Waals surface area contributed by atoms with Gasteiger partial charge >= 0.3 is 0 Å². The largest absolute Gasteiger partial charge is 0.337 e. The zero-order chi connectivity index (χ0) is 15.7. The Morgan fingerprint density at radius 2 is 2.09 bits per heavy atom. The highest BCUT2D eigenvalue weighted by atomic mass is 19.1. The lowest BCUT2D eigenvalue weighted by Crippen LogP contribution is -2.36. The fourth-order valence-corrected chi connectivity index (χ4v) is 3.20. The highest BCUT2D eigenvalue weighted by Gasteiger charge is 2.34. The summed E-state index contributed by atoms with van der Waals surface area (Å²) in [6.45, 7) is 3.45. The molecule has 120 valence electrons. The molecule has 1 aromatic rings. The summed E-state index contributed by atoms with van der Waals surface area (Å²) < 4.78 is 15.1. The second kappa shape index (κ2) is 6.02. The van der Waals surface area contributed by atoms with Crippen LogP contribution in [0.2, 0.25) is 0 Å². The second-order valence-electron chi connectivity index (χ2n) is 5.98. The number of carbonyl (C=O) groups excluding carboxylic acids is 2. The first-order valence-electron chi connectivity index (χ1n) is 7.65. The van der Waals surface area contributed by atoms with E-state index >= 15 is 0 Å². The SMILES string of the molecule is CC(=O)N1C[C@@H](F)C[C@H]1Cn1cc(C(=O)N2CCCC2)nn1. The number of alkyl halides is 1. The number of hydrogen-bond acceptors (Lipinski definition) is 4. The Bertz CT molecular complexity index is 569. The Morgan fingerprint density at radius 3 is 2.77 bits per heavy atom. The molecule has 0 N–H and O–H groups in total. The number of aromatic nitrogens is 3. The van der Waals surface area contributed by atoms with Crippen molar-refractivity contribution in [2.75, 3.05) is 19.6 Å². The van der Waals surface area contributed by atoms with Crippen molar-refractivity contribution in [2.24, 2.45) is 0 Å². The molecule has 2 amide bonds. The number of hydrogen-bond donors (Lipinski definition) is 0. The smallest absolute Gasteiger partial charge is 0.276 e. The topological polar surface area (TPSA) is 71.3 Å². The van der Waals surface area contributed by atoms with E-state index in [0.29, 0.717) is 18.7 Å². The van der Waals surface area contributed by atoms with Crippen molar-refractivity contribution in [3.8, 4) is 0 Å². The Morgan fingerprint density at radius 1 is 1.36 bits per heavy atom. The second-order valence-corrected chi connectivity index (χ2v) is 5.98. The van der Waals surface area contributed by atoms with Gasteiger partial charge in [0, 0.05) is 26.4 Å². The molecule has 0 saturated carbocycles. The maximum Gasteiger partial charge on any atom is 0.276 e. The summed E-state index contributed by atoms with van der Waals surface area (Å²) in [7, 11) is 0. The number of rotatable bonds is 3. The van der Waals surface area contributed by atoms with Crippen LogP contribution in [0.3, 0.4) is 0 Å². The summed E-state index contributed by atoms with van der Waals surface area (Å²) in [6, 6.07) is -0.232. The van der Waals surface area contributed by atoms with Crippen molar-refractivity contribution in [3.63, 3.8) is 0 Å². The Balaban J connectivity index is 1.66. The molecule has 0 radical (unpaired) electrons. The van der Waals surface area contributed by atoms with Crippen LogP contribution in [0, 0.1) is 0 Å². The van der Waals surface area contributed by atoms with E-state index in [1.165, 1.54) is 16.5 Å². The van der Waals surface area contributed by atoms with Crippen molar-refractivity contribution in [2.45, 2.75) is 44.9 Å². The highest BCUT2D eigenvalue weighted by molar-refractivity contribution is 5.92. The van der Waals surface area contributed by atoms with Crippen LogP contribution in [0.4, 0.5) is 4.39 Å². The number of carbonyl (C=O) groups is 2. The van der Waals surface area contributed by atoms with Crippen LogP contribution in [-0.4, -0.2) is 68.5 Å². The van der Waals surface area contributed by atoms with Gasteiger partial charge in [-0.1, -0.05) is 5.21 Å². The molecule has 8 heteroatoms. The minimum atomic E-state index is -0.997. The van der Waals surface area contributed by atoms with E-state index in [-0.39, 0.29) is 24.4 Å². The van der Waals surface area contributed by atoms with Crippen molar-refractivity contribution in [3.05, 3.63) is 11.9 Å². The summed E-state index contributed by atoms with van der Waals surface area (Å²) >= 11 is 0. The molecule has 22 heavy (non-hydrogen) atoms. The highest BCUT2D eigenvalue weighted by Crippen LogP contribution is 2.22. The van der Waals surface area contributed by atoms with Crippen molar-refractivity contribution < 1.29 is 14.0 Å². The minimum absolute atomic E-state index is 0.109. The van der Waals surface area contributed by atoms with Gasteiger partial charge in [0.05, 0.1) is 25.3 Å². The minimum Gasteiger partial charge on any atom is -0.337 e. The lowest BCUT2D eigenvalue weighted by atomic mass is 10.2. The molecule has 2 saturated heterocycles. The zero-order valence-electron chi connectivity index (χ0n) is 12.6. The average molecular weight is 309 g/mol. The lowest BCUT2D eigenvalue weighted by molar-refractivity contribution is -0.130. The monoisotopic (exact) mass is 309 g/mol. The molecule has 7 nitrogen and oxygen atoms in total. The molecule has 3 heterocycles. The van der Waals surface area contributed by atoms with Gasteiger partial charge in [-0.3, -0.25) is 9.59 Å². The fourth-order valence-electron chi connectivity index (χ4n) is 3.20. The van der Waals surface area contributed by atoms with Gasteiger partial charge in [0.2, 0.25) is 5.91 Å². The number of nitrogens with zero attached hydrogens (tertiary/aromatic N) is 5. The quantitative estimate of drug-likeness (QED) is 0.814. The molecular weight excluding hydrogens is 289 g/mol. The first kappa shape index (κ1) is 14.9. The molecule has 3 rings (SSSR count). The molecule has 1 aromatic heterocycles. The molecule has 0 unspecified atom stereocenters. The summed E-state index contributed by atoms with van der Waals surface area (Å²) in [4.78, 5) is 27.0. The third kappa shape index (κ3) is 2.95. The number of halogens is 1. The maximum atomic E-state index is 13.5. The van der Waals surface area contributed by atoms with Crippen molar-refractivity contribution in [1.29, 1.82) is 0 Å². The Kier molecular flexibility index (Phi) is 4.08. The first-order chi connectivity index (χ1) is 10.5. The Hall–Kier alpha value is -1.99. The van der Waals surface area contributed by atoms with Crippen LogP contribution in [0.5, 0.6) is 0 Å². The van der Waals surface area contributed by atoms with Crippen LogP contribution in [0.25, 0.3) is 0 Å². The standard InChI is InChI=1S/C14H20FN5O2/c1-10(21)20-7-11(15)6-12(20)8-19-9-13(16-17-19)14(22)18-4-2-3-5-18/h9,11-12H,2-8H2,1H3/t11-,12-/m0/s1. The maximum absolute atomic E-state index is 13.5. The third-order valence-electron chi connectivity index (χ3n) is 4.32. The van der Waals surface area contributed by atoms with Crippen LogP contribution < -0.4 is 0 Å². The van der Waals surface area contributed by atoms with Gasteiger partial charge in [-0.25, -0.2) is 9.07 Å². The van der Waals surface area contributed by atoms with E-state index in [2.05, 4.69) is 10.3 Å². The van der Waals surface area contributed by atoms with E-state index in [4.69, 9.17) is 0 Å². The summed E-state index contributed by atoms with van der Waals surface area (Å²) in [5.74, 6) is -0.249. The molecule has 2 aliphatic heterocycles. The van der Waals surface area contributed by atoms with Gasteiger partial charge in [0.15, 0.2) is 5.69 Å². The van der Waals surface area contributed by atoms with Gasteiger partial charge in [0.25, 0.3) is 5.91 Å².